The highest BCUT2D eigenvalue weighted by Crippen LogP contribution is 2.35. The normalized spacial score (nSPS) is 15.5. The first-order chi connectivity index (χ1) is 14.1. The van der Waals surface area contributed by atoms with Crippen molar-refractivity contribution in [3.8, 4) is 0 Å². The number of hydrogen-bond acceptors (Lipinski definition) is 3. The van der Waals surface area contributed by atoms with E-state index < -0.39 is 0 Å². The Bertz CT molecular complexity index is 1060. The van der Waals surface area contributed by atoms with Crippen LogP contribution in [-0.2, 0) is 11.3 Å². The van der Waals surface area contributed by atoms with Crippen molar-refractivity contribution in [1.29, 1.82) is 0 Å². The van der Waals surface area contributed by atoms with Crippen LogP contribution in [0.15, 0.2) is 59.7 Å². The highest BCUT2D eigenvalue weighted by molar-refractivity contribution is 5.77. The lowest BCUT2D eigenvalue weighted by Gasteiger charge is -2.25. The summed E-state index contributed by atoms with van der Waals surface area (Å²) in [6, 6.07) is 13.4. The fraction of sp³-hybridized carbons (Fsp3) is 0.348. The van der Waals surface area contributed by atoms with E-state index >= 15 is 0 Å². The monoisotopic (exact) mass is 393 g/mol. The molecule has 150 valence electrons. The Morgan fingerprint density at radius 1 is 1.14 bits per heavy atom. The molecular weight excluding hydrogens is 369 g/mol. The fourth-order valence-corrected chi connectivity index (χ4v) is 4.17. The van der Waals surface area contributed by atoms with Crippen LogP contribution in [0.4, 0.5) is 4.39 Å². The highest BCUT2D eigenvalue weighted by Gasteiger charge is 2.27. The SMILES string of the molecule is O=C(CCn1cnc2ccccc2c1=O)N[C@@H](c1ccc(F)cc1)C1CCCC1. The molecule has 1 amide bonds. The number of aromatic nitrogens is 2. The van der Waals surface area contributed by atoms with Crippen LogP contribution >= 0.6 is 0 Å². The predicted octanol–water partition coefficient (Wildman–Crippen LogP) is 3.97. The Balaban J connectivity index is 1.46. The summed E-state index contributed by atoms with van der Waals surface area (Å²) in [4.78, 5) is 29.6. The van der Waals surface area contributed by atoms with Gasteiger partial charge in [-0.25, -0.2) is 9.37 Å². The summed E-state index contributed by atoms with van der Waals surface area (Å²) in [6.07, 6.45) is 6.08. The van der Waals surface area contributed by atoms with E-state index in [2.05, 4.69) is 10.3 Å². The molecule has 1 heterocycles. The molecule has 29 heavy (non-hydrogen) atoms. The Kier molecular flexibility index (Phi) is 5.69. The number of benzene rings is 2. The summed E-state index contributed by atoms with van der Waals surface area (Å²) in [6.45, 7) is 0.267. The summed E-state index contributed by atoms with van der Waals surface area (Å²) in [7, 11) is 0. The Morgan fingerprint density at radius 2 is 1.86 bits per heavy atom. The third kappa shape index (κ3) is 4.36. The van der Waals surface area contributed by atoms with Gasteiger partial charge in [0.15, 0.2) is 0 Å². The standard InChI is InChI=1S/C23H24FN3O2/c24-18-11-9-17(10-12-18)22(16-5-1-2-6-16)26-21(28)13-14-27-15-25-20-8-4-3-7-19(20)23(27)29/h3-4,7-12,15-16,22H,1-2,5-6,13-14H2,(H,26,28)/t22-/m1/s1. The van der Waals surface area contributed by atoms with Crippen molar-refractivity contribution in [3.63, 3.8) is 0 Å². The average molecular weight is 393 g/mol. The number of halogens is 1. The van der Waals surface area contributed by atoms with Crippen LogP contribution in [0.5, 0.6) is 0 Å². The van der Waals surface area contributed by atoms with Gasteiger partial charge in [-0.3, -0.25) is 14.2 Å². The third-order valence-electron chi connectivity index (χ3n) is 5.73. The molecule has 1 fully saturated rings. The molecule has 1 N–H and O–H groups in total. The van der Waals surface area contributed by atoms with Gasteiger partial charge in [-0.15, -0.1) is 0 Å². The van der Waals surface area contributed by atoms with Crippen LogP contribution in [0.1, 0.15) is 43.7 Å². The van der Waals surface area contributed by atoms with Crippen LogP contribution in [0, 0.1) is 11.7 Å². The molecule has 0 unspecified atom stereocenters. The van der Waals surface area contributed by atoms with Gasteiger partial charge < -0.3 is 5.32 Å². The lowest BCUT2D eigenvalue weighted by molar-refractivity contribution is -0.122. The van der Waals surface area contributed by atoms with Crippen molar-refractivity contribution in [2.45, 2.75) is 44.7 Å². The molecule has 1 aliphatic rings. The minimum atomic E-state index is -0.284. The van der Waals surface area contributed by atoms with E-state index in [0.717, 1.165) is 31.2 Å². The summed E-state index contributed by atoms with van der Waals surface area (Å²) in [5.41, 5.74) is 1.43. The topological polar surface area (TPSA) is 64.0 Å². The summed E-state index contributed by atoms with van der Waals surface area (Å²) in [5, 5.41) is 3.67. The molecule has 3 aromatic rings. The molecule has 0 saturated heterocycles. The molecule has 0 radical (unpaired) electrons. The van der Waals surface area contributed by atoms with E-state index in [4.69, 9.17) is 0 Å². The second-order valence-corrected chi connectivity index (χ2v) is 7.65. The van der Waals surface area contributed by atoms with Crippen molar-refractivity contribution in [2.75, 3.05) is 0 Å². The fourth-order valence-electron chi connectivity index (χ4n) is 4.17. The summed E-state index contributed by atoms with van der Waals surface area (Å²) in [5.74, 6) is -0.0471. The van der Waals surface area contributed by atoms with Gasteiger partial charge >= 0.3 is 0 Å². The third-order valence-corrected chi connectivity index (χ3v) is 5.73. The van der Waals surface area contributed by atoms with E-state index in [-0.39, 0.29) is 36.3 Å². The minimum absolute atomic E-state index is 0.119. The molecule has 0 aliphatic heterocycles. The first-order valence-corrected chi connectivity index (χ1v) is 10.1. The number of amides is 1. The Labute approximate surface area is 168 Å². The van der Waals surface area contributed by atoms with E-state index in [1.54, 1.807) is 30.3 Å². The van der Waals surface area contributed by atoms with Gasteiger partial charge in [0.05, 0.1) is 23.3 Å². The van der Waals surface area contributed by atoms with E-state index in [9.17, 15) is 14.0 Å². The molecular formula is C23H24FN3O2. The first kappa shape index (κ1) is 19.3. The van der Waals surface area contributed by atoms with Crippen LogP contribution in [0.2, 0.25) is 0 Å². The number of nitrogens with one attached hydrogen (secondary N) is 1. The van der Waals surface area contributed by atoms with Gasteiger partial charge in [-0.05, 0) is 48.6 Å². The number of carbonyl (C=O) groups is 1. The molecule has 0 bridgehead atoms. The zero-order valence-electron chi connectivity index (χ0n) is 16.2. The van der Waals surface area contributed by atoms with Crippen LogP contribution < -0.4 is 10.9 Å². The highest BCUT2D eigenvalue weighted by atomic mass is 19.1. The van der Waals surface area contributed by atoms with Crippen molar-refractivity contribution in [1.82, 2.24) is 14.9 Å². The van der Waals surface area contributed by atoms with Gasteiger partial charge in [0.2, 0.25) is 5.91 Å². The molecule has 1 atom stereocenters. The quantitative estimate of drug-likeness (QED) is 0.689. The molecule has 6 heteroatoms. The molecule has 1 saturated carbocycles. The van der Waals surface area contributed by atoms with E-state index in [1.807, 2.05) is 6.07 Å². The number of nitrogens with zero attached hydrogens (tertiary/aromatic N) is 2. The molecule has 1 aromatic heterocycles. The first-order valence-electron chi connectivity index (χ1n) is 10.1. The second-order valence-electron chi connectivity index (χ2n) is 7.65. The van der Waals surface area contributed by atoms with Crippen molar-refractivity contribution in [3.05, 3.63) is 76.6 Å². The minimum Gasteiger partial charge on any atom is -0.349 e. The molecule has 2 aromatic carbocycles. The van der Waals surface area contributed by atoms with Gasteiger partial charge in [-0.2, -0.15) is 0 Å². The number of fused-ring (bicyclic) bond motifs is 1. The zero-order chi connectivity index (χ0) is 20.2. The van der Waals surface area contributed by atoms with Crippen molar-refractivity contribution < 1.29 is 9.18 Å². The maximum absolute atomic E-state index is 13.3. The van der Waals surface area contributed by atoms with Crippen molar-refractivity contribution >= 4 is 16.8 Å². The largest absolute Gasteiger partial charge is 0.349 e. The average Bonchev–Trinajstić information content (AvgIpc) is 3.27. The Morgan fingerprint density at radius 3 is 2.62 bits per heavy atom. The van der Waals surface area contributed by atoms with Gasteiger partial charge in [-0.1, -0.05) is 37.1 Å². The van der Waals surface area contributed by atoms with Crippen molar-refractivity contribution in [2.24, 2.45) is 5.92 Å². The molecule has 1 aliphatic carbocycles. The van der Waals surface area contributed by atoms with E-state index in [0.29, 0.717) is 16.8 Å². The summed E-state index contributed by atoms with van der Waals surface area (Å²) >= 11 is 0. The van der Waals surface area contributed by atoms with E-state index in [1.165, 1.54) is 23.0 Å². The number of rotatable bonds is 6. The molecule has 4 rings (SSSR count). The lowest BCUT2D eigenvalue weighted by atomic mass is 9.91. The second kappa shape index (κ2) is 8.55. The molecule has 0 spiro atoms. The lowest BCUT2D eigenvalue weighted by Crippen LogP contribution is -2.34. The van der Waals surface area contributed by atoms with Gasteiger partial charge in [0.25, 0.3) is 5.56 Å². The maximum atomic E-state index is 13.3. The van der Waals surface area contributed by atoms with Crippen LogP contribution in [-0.4, -0.2) is 15.5 Å². The number of aryl methyl sites for hydroxylation is 1. The van der Waals surface area contributed by atoms with Gasteiger partial charge in [0, 0.05) is 13.0 Å². The maximum Gasteiger partial charge on any atom is 0.261 e. The number of hydrogen-bond donors (Lipinski definition) is 1. The summed E-state index contributed by atoms with van der Waals surface area (Å²) < 4.78 is 14.8. The van der Waals surface area contributed by atoms with Crippen LogP contribution in [0.25, 0.3) is 10.9 Å². The predicted molar refractivity (Wildman–Crippen MR) is 110 cm³/mol. The smallest absolute Gasteiger partial charge is 0.261 e. The van der Waals surface area contributed by atoms with Crippen LogP contribution in [0.3, 0.4) is 0 Å². The van der Waals surface area contributed by atoms with Gasteiger partial charge in [0.1, 0.15) is 5.82 Å². The number of carbonyl (C=O) groups excluding carboxylic acids is 1. The number of para-hydroxylation sites is 1. The molecule has 5 nitrogen and oxygen atoms in total. The zero-order valence-corrected chi connectivity index (χ0v) is 16.2. The Hall–Kier alpha value is -3.02.